The number of sulfone groups is 1. The quantitative estimate of drug-likeness (QED) is 0.701. The van der Waals surface area contributed by atoms with Gasteiger partial charge in [0.15, 0.2) is 15.5 Å². The van der Waals surface area contributed by atoms with E-state index in [1.807, 2.05) is 0 Å². The summed E-state index contributed by atoms with van der Waals surface area (Å²) in [6.07, 6.45) is 0.228. The number of hydrogen-bond acceptors (Lipinski definition) is 6. The fourth-order valence-electron chi connectivity index (χ4n) is 2.90. The van der Waals surface area contributed by atoms with Crippen LogP contribution in [-0.2, 0) is 21.2 Å². The van der Waals surface area contributed by atoms with Gasteiger partial charge in [-0.3, -0.25) is 25.2 Å². The Labute approximate surface area is 149 Å². The molecular formula is C16H18N4O5S. The molecule has 0 unspecified atom stereocenters. The van der Waals surface area contributed by atoms with E-state index in [2.05, 4.69) is 16.0 Å². The number of aromatic nitrogens is 2. The van der Waals surface area contributed by atoms with Gasteiger partial charge in [0, 0.05) is 11.9 Å². The van der Waals surface area contributed by atoms with Crippen LogP contribution in [-0.4, -0.2) is 41.5 Å². The Morgan fingerprint density at radius 2 is 1.92 bits per heavy atom. The van der Waals surface area contributed by atoms with Crippen molar-refractivity contribution >= 4 is 32.4 Å². The number of nitrogens with one attached hydrogen (secondary N) is 2. The second kappa shape index (κ2) is 6.87. The first-order valence-corrected chi connectivity index (χ1v) is 9.95. The molecule has 10 heteroatoms. The molecule has 1 aromatic carbocycles. The highest BCUT2D eigenvalue weighted by atomic mass is 32.2. The second-order valence-electron chi connectivity index (χ2n) is 6.06. The van der Waals surface area contributed by atoms with E-state index in [0.717, 1.165) is 0 Å². The van der Waals surface area contributed by atoms with Gasteiger partial charge in [0.25, 0.3) is 11.5 Å². The summed E-state index contributed by atoms with van der Waals surface area (Å²) < 4.78 is 24.1. The van der Waals surface area contributed by atoms with E-state index in [9.17, 15) is 22.8 Å². The summed E-state index contributed by atoms with van der Waals surface area (Å²) in [6.45, 7) is 2.02. The molecule has 2 N–H and O–H groups in total. The van der Waals surface area contributed by atoms with Gasteiger partial charge < -0.3 is 0 Å². The summed E-state index contributed by atoms with van der Waals surface area (Å²) in [6, 6.07) is 6.57. The van der Waals surface area contributed by atoms with Gasteiger partial charge in [-0.2, -0.15) is 5.10 Å². The summed E-state index contributed by atoms with van der Waals surface area (Å²) >= 11 is 0. The van der Waals surface area contributed by atoms with Crippen LogP contribution < -0.4 is 16.4 Å². The number of hydrazine groups is 1. The number of aryl methyl sites for hydroxylation is 1. The second-order valence-corrected chi connectivity index (χ2v) is 8.29. The van der Waals surface area contributed by atoms with Crippen LogP contribution >= 0.6 is 0 Å². The molecule has 0 radical (unpaired) electrons. The Kier molecular flexibility index (Phi) is 4.77. The van der Waals surface area contributed by atoms with Crippen LogP contribution in [0.1, 0.15) is 23.8 Å². The zero-order chi connectivity index (χ0) is 18.9. The van der Waals surface area contributed by atoms with Crippen molar-refractivity contribution < 1.29 is 18.0 Å². The minimum absolute atomic E-state index is 0.00129. The lowest BCUT2D eigenvalue weighted by Gasteiger charge is -2.12. The lowest BCUT2D eigenvalue weighted by Crippen LogP contribution is -2.45. The van der Waals surface area contributed by atoms with Crippen molar-refractivity contribution in [1.29, 1.82) is 0 Å². The smallest absolute Gasteiger partial charge is 0.273 e. The molecule has 1 aliphatic heterocycles. The molecule has 9 nitrogen and oxygen atoms in total. The zero-order valence-corrected chi connectivity index (χ0v) is 14.9. The van der Waals surface area contributed by atoms with Crippen molar-refractivity contribution in [3.05, 3.63) is 40.3 Å². The number of amides is 2. The van der Waals surface area contributed by atoms with Crippen molar-refractivity contribution in [2.24, 2.45) is 5.92 Å². The minimum Gasteiger partial charge on any atom is -0.273 e. The molecule has 1 atom stereocenters. The fourth-order valence-corrected chi connectivity index (χ4v) is 4.64. The molecule has 26 heavy (non-hydrogen) atoms. The number of hydrogen-bond donors (Lipinski definition) is 2. The van der Waals surface area contributed by atoms with Crippen molar-refractivity contribution in [2.75, 3.05) is 11.5 Å². The van der Waals surface area contributed by atoms with E-state index in [-0.39, 0.29) is 35.7 Å². The molecule has 2 aromatic rings. The van der Waals surface area contributed by atoms with E-state index in [1.54, 1.807) is 31.2 Å². The maximum atomic E-state index is 12.5. The summed E-state index contributed by atoms with van der Waals surface area (Å²) in [7, 11) is -3.20. The maximum absolute atomic E-state index is 12.5. The predicted octanol–water partition coefficient (Wildman–Crippen LogP) is -0.388. The van der Waals surface area contributed by atoms with Gasteiger partial charge in [0.2, 0.25) is 5.91 Å². The molecule has 1 aromatic heterocycles. The highest BCUT2D eigenvalue weighted by molar-refractivity contribution is 7.91. The van der Waals surface area contributed by atoms with Gasteiger partial charge >= 0.3 is 0 Å². The van der Waals surface area contributed by atoms with Crippen LogP contribution in [0.15, 0.2) is 29.1 Å². The highest BCUT2D eigenvalue weighted by Gasteiger charge is 2.33. The molecule has 3 rings (SSSR count). The van der Waals surface area contributed by atoms with E-state index in [1.165, 1.54) is 4.68 Å². The molecule has 2 heterocycles. The number of rotatable bonds is 3. The first-order chi connectivity index (χ1) is 12.3. The molecule has 1 saturated heterocycles. The molecule has 0 aliphatic carbocycles. The summed E-state index contributed by atoms with van der Waals surface area (Å²) in [5.41, 5.74) is 4.20. The van der Waals surface area contributed by atoms with Crippen molar-refractivity contribution in [3.63, 3.8) is 0 Å². The van der Waals surface area contributed by atoms with E-state index >= 15 is 0 Å². The van der Waals surface area contributed by atoms with Crippen LogP contribution in [0.5, 0.6) is 0 Å². The third kappa shape index (κ3) is 3.45. The molecule has 1 fully saturated rings. The molecule has 0 bridgehead atoms. The third-order valence-corrected chi connectivity index (χ3v) is 6.05. The monoisotopic (exact) mass is 378 g/mol. The number of nitrogens with zero attached hydrogens (tertiary/aromatic N) is 2. The number of carbonyl (C=O) groups is 2. The normalized spacial score (nSPS) is 18.6. The average molecular weight is 378 g/mol. The van der Waals surface area contributed by atoms with Gasteiger partial charge in [-0.25, -0.2) is 13.1 Å². The van der Waals surface area contributed by atoms with Gasteiger partial charge in [-0.1, -0.05) is 18.2 Å². The van der Waals surface area contributed by atoms with Crippen LogP contribution in [0, 0.1) is 5.92 Å². The Hall–Kier alpha value is -2.75. The fraction of sp³-hybridized carbons (Fsp3) is 0.375. The molecule has 2 amide bonds. The zero-order valence-electron chi connectivity index (χ0n) is 14.1. The summed E-state index contributed by atoms with van der Waals surface area (Å²) in [5, 5.41) is 4.78. The van der Waals surface area contributed by atoms with Gasteiger partial charge in [0.1, 0.15) is 0 Å². The lowest BCUT2D eigenvalue weighted by molar-refractivity contribution is -0.125. The number of benzene rings is 1. The Morgan fingerprint density at radius 3 is 2.54 bits per heavy atom. The van der Waals surface area contributed by atoms with Crippen molar-refractivity contribution in [3.8, 4) is 0 Å². The van der Waals surface area contributed by atoms with Crippen molar-refractivity contribution in [2.45, 2.75) is 19.9 Å². The first kappa shape index (κ1) is 18.1. The van der Waals surface area contributed by atoms with Crippen molar-refractivity contribution in [1.82, 2.24) is 20.6 Å². The molecular weight excluding hydrogens is 360 g/mol. The van der Waals surface area contributed by atoms with E-state index in [4.69, 9.17) is 0 Å². The van der Waals surface area contributed by atoms with Gasteiger partial charge in [-0.05, 0) is 19.4 Å². The Morgan fingerprint density at radius 1 is 1.23 bits per heavy atom. The Bertz CT molecular complexity index is 1040. The summed E-state index contributed by atoms with van der Waals surface area (Å²) in [4.78, 5) is 36.8. The topological polar surface area (TPSA) is 127 Å². The van der Waals surface area contributed by atoms with Crippen LogP contribution in [0.25, 0.3) is 10.8 Å². The average Bonchev–Trinajstić information content (AvgIpc) is 3.00. The predicted molar refractivity (Wildman–Crippen MR) is 94.0 cm³/mol. The van der Waals surface area contributed by atoms with Crippen LogP contribution in [0.3, 0.4) is 0 Å². The Balaban J connectivity index is 1.81. The van der Waals surface area contributed by atoms with E-state index in [0.29, 0.717) is 10.8 Å². The maximum Gasteiger partial charge on any atom is 0.290 e. The van der Waals surface area contributed by atoms with Gasteiger partial charge in [0.05, 0.1) is 22.8 Å². The van der Waals surface area contributed by atoms with Crippen LogP contribution in [0.2, 0.25) is 0 Å². The van der Waals surface area contributed by atoms with E-state index < -0.39 is 27.6 Å². The molecule has 0 saturated carbocycles. The molecule has 138 valence electrons. The lowest BCUT2D eigenvalue weighted by atomic mass is 10.1. The third-order valence-electron chi connectivity index (χ3n) is 4.28. The standard InChI is InChI=1S/C16H18N4O5S/c1-2-20-16(23)12-6-4-3-5-11(12)13(19-20)15(22)18-17-14(21)10-7-8-26(24,25)9-10/h3-6,10H,2,7-9H2,1H3,(H,17,21)(H,18,22)/t10-/m1/s1. The SMILES string of the molecule is CCn1nc(C(=O)NNC(=O)[C@@H]2CCS(=O)(=O)C2)c2ccccc2c1=O. The highest BCUT2D eigenvalue weighted by Crippen LogP contribution is 2.18. The minimum atomic E-state index is -3.20. The molecule has 0 spiro atoms. The number of carbonyl (C=O) groups excluding carboxylic acids is 2. The van der Waals surface area contributed by atoms with Crippen LogP contribution in [0.4, 0.5) is 0 Å². The number of fused-ring (bicyclic) bond motifs is 1. The molecule has 1 aliphatic rings. The largest absolute Gasteiger partial charge is 0.290 e. The van der Waals surface area contributed by atoms with Gasteiger partial charge in [-0.15, -0.1) is 0 Å². The first-order valence-electron chi connectivity index (χ1n) is 8.13. The summed E-state index contributed by atoms with van der Waals surface area (Å²) in [5.74, 6) is -2.19.